The van der Waals surface area contributed by atoms with Crippen LogP contribution in [0, 0.1) is 0 Å². The molecule has 0 bridgehead atoms. The van der Waals surface area contributed by atoms with Gasteiger partial charge >= 0.3 is 12.6 Å². The molecule has 2 rings (SSSR count). The van der Waals surface area contributed by atoms with Gasteiger partial charge in [-0.15, -0.1) is 0 Å². The van der Waals surface area contributed by atoms with E-state index in [2.05, 4.69) is 4.74 Å². The van der Waals surface area contributed by atoms with Crippen LogP contribution in [0.5, 0.6) is 5.75 Å². The number of amides is 1. The Kier molecular flexibility index (Phi) is 5.30. The maximum absolute atomic E-state index is 12.3. The summed E-state index contributed by atoms with van der Waals surface area (Å²) < 4.78 is 28.3. The minimum atomic E-state index is -2.89. The van der Waals surface area contributed by atoms with Crippen LogP contribution in [-0.2, 0) is 16.0 Å². The maximum Gasteiger partial charge on any atom is 0.387 e. The van der Waals surface area contributed by atoms with Crippen molar-refractivity contribution in [3.05, 3.63) is 29.8 Å². The Morgan fingerprint density at radius 2 is 1.95 bits per heavy atom. The molecule has 1 amide bonds. The van der Waals surface area contributed by atoms with Crippen molar-refractivity contribution >= 4 is 11.9 Å². The van der Waals surface area contributed by atoms with Gasteiger partial charge in [-0.1, -0.05) is 12.1 Å². The number of likely N-dealkylation sites (tertiary alicyclic amines) is 1. The van der Waals surface area contributed by atoms with Crippen molar-refractivity contribution in [2.24, 2.45) is 0 Å². The van der Waals surface area contributed by atoms with Crippen LogP contribution in [-0.4, -0.2) is 41.1 Å². The Balaban J connectivity index is 1.99. The lowest BCUT2D eigenvalue weighted by Crippen LogP contribution is -2.48. The van der Waals surface area contributed by atoms with E-state index >= 15 is 0 Å². The number of carboxylic acid groups (broad SMARTS) is 1. The number of nitrogens with zero attached hydrogens (tertiary/aromatic N) is 1. The Labute approximate surface area is 126 Å². The normalized spacial score (nSPS) is 18.3. The number of piperidine rings is 1. The van der Waals surface area contributed by atoms with Crippen LogP contribution >= 0.6 is 0 Å². The van der Waals surface area contributed by atoms with Crippen molar-refractivity contribution in [2.45, 2.75) is 38.3 Å². The first-order valence-corrected chi connectivity index (χ1v) is 7.03. The van der Waals surface area contributed by atoms with Crippen LogP contribution in [0.25, 0.3) is 0 Å². The fourth-order valence-corrected chi connectivity index (χ4v) is 2.55. The van der Waals surface area contributed by atoms with Gasteiger partial charge in [0.1, 0.15) is 11.8 Å². The summed E-state index contributed by atoms with van der Waals surface area (Å²) >= 11 is 0. The number of ether oxygens (including phenoxy) is 1. The molecule has 1 N–H and O–H groups in total. The van der Waals surface area contributed by atoms with Crippen molar-refractivity contribution in [3.8, 4) is 5.75 Å². The monoisotopic (exact) mass is 313 g/mol. The summed E-state index contributed by atoms with van der Waals surface area (Å²) in [5.74, 6) is -1.24. The highest BCUT2D eigenvalue weighted by Gasteiger charge is 2.31. The van der Waals surface area contributed by atoms with Gasteiger partial charge in [0.2, 0.25) is 5.91 Å². The molecule has 1 saturated heterocycles. The topological polar surface area (TPSA) is 66.8 Å². The zero-order chi connectivity index (χ0) is 16.1. The first-order chi connectivity index (χ1) is 10.5. The molecule has 0 aliphatic carbocycles. The number of carbonyl (C=O) groups excluding carboxylic acids is 1. The summed E-state index contributed by atoms with van der Waals surface area (Å²) in [6.07, 6.45) is 2.08. The minimum absolute atomic E-state index is 0.0209. The van der Waals surface area contributed by atoms with E-state index in [0.717, 1.165) is 12.8 Å². The summed E-state index contributed by atoms with van der Waals surface area (Å²) in [4.78, 5) is 24.8. The quantitative estimate of drug-likeness (QED) is 0.906. The molecule has 1 aliphatic rings. The number of halogens is 2. The summed E-state index contributed by atoms with van der Waals surface area (Å²) in [5.41, 5.74) is 0.626. The third-order valence-electron chi connectivity index (χ3n) is 3.61. The van der Waals surface area contributed by atoms with Crippen molar-refractivity contribution in [3.63, 3.8) is 0 Å². The van der Waals surface area contributed by atoms with E-state index in [0.29, 0.717) is 18.5 Å². The molecule has 0 spiro atoms. The van der Waals surface area contributed by atoms with Gasteiger partial charge < -0.3 is 14.7 Å². The second-order valence-electron chi connectivity index (χ2n) is 5.14. The SMILES string of the molecule is O=C(O)[C@H]1CCCCN1C(=O)Cc1ccc(OC(F)F)cc1. The molecule has 1 aromatic carbocycles. The zero-order valence-electron chi connectivity index (χ0n) is 11.9. The van der Waals surface area contributed by atoms with E-state index in [4.69, 9.17) is 5.11 Å². The molecule has 1 heterocycles. The number of alkyl halides is 2. The Morgan fingerprint density at radius 1 is 1.27 bits per heavy atom. The number of hydrogen-bond donors (Lipinski definition) is 1. The molecular formula is C15H17F2NO4. The average molecular weight is 313 g/mol. The summed E-state index contributed by atoms with van der Waals surface area (Å²) in [7, 11) is 0. The van der Waals surface area contributed by atoms with E-state index in [1.165, 1.54) is 29.2 Å². The number of carboxylic acids is 1. The Hall–Kier alpha value is -2.18. The molecule has 0 aromatic heterocycles. The second kappa shape index (κ2) is 7.20. The lowest BCUT2D eigenvalue weighted by atomic mass is 10.0. The first kappa shape index (κ1) is 16.2. The highest BCUT2D eigenvalue weighted by Crippen LogP contribution is 2.20. The van der Waals surface area contributed by atoms with Gasteiger partial charge in [-0.05, 0) is 37.0 Å². The molecule has 7 heteroatoms. The minimum Gasteiger partial charge on any atom is -0.480 e. The molecule has 1 aromatic rings. The fraction of sp³-hybridized carbons (Fsp3) is 0.467. The molecule has 5 nitrogen and oxygen atoms in total. The van der Waals surface area contributed by atoms with Gasteiger partial charge in [-0.2, -0.15) is 8.78 Å². The number of carbonyl (C=O) groups is 2. The molecule has 1 fully saturated rings. The smallest absolute Gasteiger partial charge is 0.387 e. The van der Waals surface area contributed by atoms with Crippen LogP contribution in [0.1, 0.15) is 24.8 Å². The predicted octanol–water partition coefficient (Wildman–Crippen LogP) is 2.30. The van der Waals surface area contributed by atoms with Gasteiger partial charge in [0, 0.05) is 6.54 Å². The third kappa shape index (κ3) is 4.16. The van der Waals surface area contributed by atoms with Crippen molar-refractivity contribution in [2.75, 3.05) is 6.54 Å². The lowest BCUT2D eigenvalue weighted by Gasteiger charge is -2.33. The third-order valence-corrected chi connectivity index (χ3v) is 3.61. The fourth-order valence-electron chi connectivity index (χ4n) is 2.55. The summed E-state index contributed by atoms with van der Waals surface area (Å²) in [5, 5.41) is 9.16. The maximum atomic E-state index is 12.3. The summed E-state index contributed by atoms with van der Waals surface area (Å²) in [6, 6.07) is 4.99. The highest BCUT2D eigenvalue weighted by molar-refractivity contribution is 5.85. The van der Waals surface area contributed by atoms with Gasteiger partial charge in [-0.3, -0.25) is 4.79 Å². The van der Waals surface area contributed by atoms with Crippen LogP contribution in [0.3, 0.4) is 0 Å². The zero-order valence-corrected chi connectivity index (χ0v) is 11.9. The Morgan fingerprint density at radius 3 is 2.55 bits per heavy atom. The molecule has 1 atom stereocenters. The van der Waals surface area contributed by atoms with Crippen molar-refractivity contribution < 1.29 is 28.2 Å². The largest absolute Gasteiger partial charge is 0.480 e. The van der Waals surface area contributed by atoms with Gasteiger partial charge in [0.25, 0.3) is 0 Å². The molecule has 0 saturated carbocycles. The first-order valence-electron chi connectivity index (χ1n) is 7.03. The molecule has 0 radical (unpaired) electrons. The molecule has 0 unspecified atom stereocenters. The highest BCUT2D eigenvalue weighted by atomic mass is 19.3. The van der Waals surface area contributed by atoms with Crippen molar-refractivity contribution in [1.29, 1.82) is 0 Å². The second-order valence-corrected chi connectivity index (χ2v) is 5.14. The van der Waals surface area contributed by atoms with Gasteiger partial charge in [0.15, 0.2) is 0 Å². The van der Waals surface area contributed by atoms with E-state index in [1.54, 1.807) is 0 Å². The van der Waals surface area contributed by atoms with Crippen LogP contribution in [0.2, 0.25) is 0 Å². The van der Waals surface area contributed by atoms with E-state index in [9.17, 15) is 18.4 Å². The van der Waals surface area contributed by atoms with Crippen LogP contribution in [0.15, 0.2) is 24.3 Å². The molecule has 22 heavy (non-hydrogen) atoms. The number of rotatable bonds is 5. The number of hydrogen-bond acceptors (Lipinski definition) is 3. The van der Waals surface area contributed by atoms with Crippen LogP contribution < -0.4 is 4.74 Å². The van der Waals surface area contributed by atoms with E-state index in [1.807, 2.05) is 0 Å². The molecule has 1 aliphatic heterocycles. The predicted molar refractivity (Wildman–Crippen MR) is 73.8 cm³/mol. The van der Waals surface area contributed by atoms with Crippen molar-refractivity contribution in [1.82, 2.24) is 4.90 Å². The number of aliphatic carboxylic acids is 1. The van der Waals surface area contributed by atoms with Gasteiger partial charge in [-0.25, -0.2) is 4.79 Å². The van der Waals surface area contributed by atoms with E-state index in [-0.39, 0.29) is 18.1 Å². The van der Waals surface area contributed by atoms with Gasteiger partial charge in [0.05, 0.1) is 6.42 Å². The standard InChI is InChI=1S/C15H17F2NO4/c16-15(17)22-11-6-4-10(5-7-11)9-13(19)18-8-2-1-3-12(18)14(20)21/h4-7,12,15H,1-3,8-9H2,(H,20,21)/t12-/m1/s1. The molecular weight excluding hydrogens is 296 g/mol. The Bertz CT molecular complexity index is 533. The van der Waals surface area contributed by atoms with E-state index < -0.39 is 18.6 Å². The number of benzene rings is 1. The lowest BCUT2D eigenvalue weighted by molar-refractivity contribution is -0.151. The summed E-state index contributed by atoms with van der Waals surface area (Å²) in [6.45, 7) is -2.46. The average Bonchev–Trinajstić information content (AvgIpc) is 2.48. The van der Waals surface area contributed by atoms with Crippen LogP contribution in [0.4, 0.5) is 8.78 Å². The molecule has 120 valence electrons.